The first-order valence-electron chi connectivity index (χ1n) is 10.3. The number of hydrogen-bond acceptors (Lipinski definition) is 3. The maximum atomic E-state index is 12.9. The van der Waals surface area contributed by atoms with Crippen LogP contribution in [0.5, 0.6) is 0 Å². The number of carbonyl (C=O) groups is 2. The molecule has 0 aromatic heterocycles. The highest BCUT2D eigenvalue weighted by atomic mass is 16.2. The van der Waals surface area contributed by atoms with E-state index >= 15 is 0 Å². The number of benzene rings is 4. The second-order valence-corrected chi connectivity index (χ2v) is 7.39. The van der Waals surface area contributed by atoms with Crippen LogP contribution in [0.3, 0.4) is 0 Å². The van der Waals surface area contributed by atoms with Crippen molar-refractivity contribution < 1.29 is 9.59 Å². The molecule has 0 aliphatic carbocycles. The summed E-state index contributed by atoms with van der Waals surface area (Å²) in [5.41, 5.74) is 5.08. The van der Waals surface area contributed by atoms with E-state index in [4.69, 9.17) is 0 Å². The average molecular weight is 422 g/mol. The summed E-state index contributed by atoms with van der Waals surface area (Å²) in [7, 11) is 0. The standard InChI is InChI=1S/C27H23N3O2/c1-19-8-7-9-20(18-19)26(31)29-22-14-16-23(17-15-22)30-27(32)24-12-5-6-13-25(24)28-21-10-3-2-4-11-21/h2-18,28H,1H3,(H,29,31)(H,30,32). The Kier molecular flexibility index (Phi) is 6.28. The fraction of sp³-hybridized carbons (Fsp3) is 0.0370. The zero-order valence-corrected chi connectivity index (χ0v) is 17.6. The van der Waals surface area contributed by atoms with Gasteiger partial charge in [0.1, 0.15) is 0 Å². The molecule has 4 aromatic rings. The van der Waals surface area contributed by atoms with Gasteiger partial charge >= 0.3 is 0 Å². The average Bonchev–Trinajstić information content (AvgIpc) is 2.81. The summed E-state index contributed by atoms with van der Waals surface area (Å²) >= 11 is 0. The summed E-state index contributed by atoms with van der Waals surface area (Å²) in [6.45, 7) is 1.95. The number of amides is 2. The lowest BCUT2D eigenvalue weighted by Gasteiger charge is -2.13. The van der Waals surface area contributed by atoms with Crippen LogP contribution in [0.4, 0.5) is 22.7 Å². The first-order chi connectivity index (χ1) is 15.6. The van der Waals surface area contributed by atoms with Crippen LogP contribution in [-0.4, -0.2) is 11.8 Å². The van der Waals surface area contributed by atoms with Gasteiger partial charge in [0.05, 0.1) is 11.3 Å². The molecule has 3 N–H and O–H groups in total. The summed E-state index contributed by atoms with van der Waals surface area (Å²) in [5, 5.41) is 9.07. The zero-order chi connectivity index (χ0) is 22.3. The Bertz CT molecular complexity index is 1240. The molecule has 0 bridgehead atoms. The van der Waals surface area contributed by atoms with Gasteiger partial charge in [0.2, 0.25) is 0 Å². The van der Waals surface area contributed by atoms with E-state index in [1.54, 1.807) is 36.4 Å². The Hall–Kier alpha value is -4.38. The van der Waals surface area contributed by atoms with Crippen molar-refractivity contribution in [2.45, 2.75) is 6.92 Å². The van der Waals surface area contributed by atoms with Crippen molar-refractivity contribution in [3.63, 3.8) is 0 Å². The number of nitrogens with one attached hydrogen (secondary N) is 3. The molecule has 32 heavy (non-hydrogen) atoms. The molecule has 0 spiro atoms. The maximum Gasteiger partial charge on any atom is 0.257 e. The highest BCUT2D eigenvalue weighted by molar-refractivity contribution is 6.08. The molecule has 0 saturated heterocycles. The summed E-state index contributed by atoms with van der Waals surface area (Å²) < 4.78 is 0. The van der Waals surface area contributed by atoms with Crippen molar-refractivity contribution in [1.29, 1.82) is 0 Å². The summed E-state index contributed by atoms with van der Waals surface area (Å²) in [5.74, 6) is -0.396. The molecular formula is C27H23N3O2. The molecule has 0 aliphatic heterocycles. The molecule has 5 nitrogen and oxygen atoms in total. The Morgan fingerprint density at radius 2 is 1.22 bits per heavy atom. The number of anilines is 4. The third-order valence-corrected chi connectivity index (χ3v) is 4.91. The summed E-state index contributed by atoms with van der Waals surface area (Å²) in [6, 6.07) is 31.5. The molecule has 0 atom stereocenters. The van der Waals surface area contributed by atoms with E-state index in [9.17, 15) is 9.59 Å². The molecule has 0 unspecified atom stereocenters. The highest BCUT2D eigenvalue weighted by Gasteiger charge is 2.12. The molecule has 0 fully saturated rings. The van der Waals surface area contributed by atoms with Crippen molar-refractivity contribution in [2.24, 2.45) is 0 Å². The number of rotatable bonds is 6. The van der Waals surface area contributed by atoms with Crippen molar-refractivity contribution in [1.82, 2.24) is 0 Å². The predicted molar refractivity (Wildman–Crippen MR) is 130 cm³/mol. The van der Waals surface area contributed by atoms with Crippen LogP contribution in [0.15, 0.2) is 103 Å². The van der Waals surface area contributed by atoms with E-state index in [1.165, 1.54) is 0 Å². The topological polar surface area (TPSA) is 70.2 Å². The van der Waals surface area contributed by atoms with Gasteiger partial charge in [-0.1, -0.05) is 48.0 Å². The Labute approximate surface area is 187 Å². The van der Waals surface area contributed by atoms with E-state index in [0.717, 1.165) is 16.9 Å². The quantitative estimate of drug-likeness (QED) is 0.345. The predicted octanol–water partition coefficient (Wildman–Crippen LogP) is 6.24. The van der Waals surface area contributed by atoms with Gasteiger partial charge in [-0.25, -0.2) is 0 Å². The van der Waals surface area contributed by atoms with Gasteiger partial charge < -0.3 is 16.0 Å². The van der Waals surface area contributed by atoms with E-state index in [0.29, 0.717) is 22.5 Å². The fourth-order valence-corrected chi connectivity index (χ4v) is 3.29. The molecule has 2 amide bonds. The maximum absolute atomic E-state index is 12.9. The molecule has 0 saturated carbocycles. The van der Waals surface area contributed by atoms with E-state index in [1.807, 2.05) is 73.7 Å². The molecule has 0 radical (unpaired) electrons. The van der Waals surface area contributed by atoms with E-state index in [2.05, 4.69) is 16.0 Å². The van der Waals surface area contributed by atoms with Gasteiger partial charge in [0.15, 0.2) is 0 Å². The van der Waals surface area contributed by atoms with Crippen LogP contribution >= 0.6 is 0 Å². The van der Waals surface area contributed by atoms with Gasteiger partial charge in [0.25, 0.3) is 11.8 Å². The van der Waals surface area contributed by atoms with E-state index < -0.39 is 0 Å². The SMILES string of the molecule is Cc1cccc(C(=O)Nc2ccc(NC(=O)c3ccccc3Nc3ccccc3)cc2)c1. The smallest absolute Gasteiger partial charge is 0.257 e. The lowest BCUT2D eigenvalue weighted by atomic mass is 10.1. The minimum absolute atomic E-state index is 0.175. The minimum atomic E-state index is -0.222. The van der Waals surface area contributed by atoms with Crippen molar-refractivity contribution in [3.05, 3.63) is 120 Å². The normalized spacial score (nSPS) is 10.3. The van der Waals surface area contributed by atoms with E-state index in [-0.39, 0.29) is 11.8 Å². The van der Waals surface area contributed by atoms with Crippen LogP contribution in [0.1, 0.15) is 26.3 Å². The molecule has 0 heterocycles. The molecule has 4 rings (SSSR count). The number of carbonyl (C=O) groups excluding carboxylic acids is 2. The first kappa shape index (κ1) is 20.9. The third kappa shape index (κ3) is 5.21. The largest absolute Gasteiger partial charge is 0.355 e. The van der Waals surface area contributed by atoms with Crippen molar-refractivity contribution in [2.75, 3.05) is 16.0 Å². The van der Waals surface area contributed by atoms with Crippen molar-refractivity contribution >= 4 is 34.6 Å². The van der Waals surface area contributed by atoms with Crippen LogP contribution < -0.4 is 16.0 Å². The van der Waals surface area contributed by atoms with Gasteiger partial charge in [-0.05, 0) is 67.6 Å². The minimum Gasteiger partial charge on any atom is -0.355 e. The highest BCUT2D eigenvalue weighted by Crippen LogP contribution is 2.22. The zero-order valence-electron chi connectivity index (χ0n) is 17.6. The lowest BCUT2D eigenvalue weighted by molar-refractivity contribution is 0.101. The number of hydrogen-bond donors (Lipinski definition) is 3. The summed E-state index contributed by atoms with van der Waals surface area (Å²) in [6.07, 6.45) is 0. The second-order valence-electron chi connectivity index (χ2n) is 7.39. The molecule has 4 aromatic carbocycles. The number of para-hydroxylation sites is 2. The van der Waals surface area contributed by atoms with Crippen LogP contribution in [-0.2, 0) is 0 Å². The fourth-order valence-electron chi connectivity index (χ4n) is 3.29. The van der Waals surface area contributed by atoms with Gasteiger partial charge in [-0.3, -0.25) is 9.59 Å². The Morgan fingerprint density at radius 1 is 0.594 bits per heavy atom. The first-order valence-corrected chi connectivity index (χ1v) is 10.3. The number of aryl methyl sites for hydroxylation is 1. The summed E-state index contributed by atoms with van der Waals surface area (Å²) in [4.78, 5) is 25.3. The molecular weight excluding hydrogens is 398 g/mol. The Balaban J connectivity index is 1.43. The lowest BCUT2D eigenvalue weighted by Crippen LogP contribution is -2.14. The molecule has 5 heteroatoms. The van der Waals surface area contributed by atoms with Gasteiger partial charge in [-0.2, -0.15) is 0 Å². The van der Waals surface area contributed by atoms with Crippen LogP contribution in [0.2, 0.25) is 0 Å². The van der Waals surface area contributed by atoms with Crippen LogP contribution in [0, 0.1) is 6.92 Å². The Morgan fingerprint density at radius 3 is 1.91 bits per heavy atom. The molecule has 158 valence electrons. The monoisotopic (exact) mass is 421 g/mol. The van der Waals surface area contributed by atoms with Crippen molar-refractivity contribution in [3.8, 4) is 0 Å². The van der Waals surface area contributed by atoms with Gasteiger partial charge in [-0.15, -0.1) is 0 Å². The van der Waals surface area contributed by atoms with Gasteiger partial charge in [0, 0.05) is 22.6 Å². The second kappa shape index (κ2) is 9.62. The third-order valence-electron chi connectivity index (χ3n) is 4.91. The molecule has 0 aliphatic rings. The van der Waals surface area contributed by atoms with Crippen LogP contribution in [0.25, 0.3) is 0 Å².